The molecule has 0 saturated carbocycles. The van der Waals surface area contributed by atoms with Crippen LogP contribution in [0.25, 0.3) is 10.4 Å². The number of carbonyl (C=O) groups excluding carboxylic acids is 1. The van der Waals surface area contributed by atoms with Crippen LogP contribution in [-0.4, -0.2) is 24.0 Å². The molecule has 0 fully saturated rings. The predicted octanol–water partition coefficient (Wildman–Crippen LogP) is 0.569. The molecule has 1 amide bonds. The van der Waals surface area contributed by atoms with Crippen molar-refractivity contribution in [2.24, 2.45) is 10.8 Å². The van der Waals surface area contributed by atoms with E-state index in [0.717, 1.165) is 0 Å². The second kappa shape index (κ2) is 5.97. The lowest BCUT2D eigenvalue weighted by atomic mass is 10.2. The first-order valence-electron chi connectivity index (χ1n) is 4.17. The molecule has 1 atom stereocenters. The average Bonchev–Trinajstić information content (AvgIpc) is 2.70. The third kappa shape index (κ3) is 3.55. The van der Waals surface area contributed by atoms with Crippen molar-refractivity contribution in [3.63, 3.8) is 0 Å². The Morgan fingerprint density at radius 3 is 3.20 bits per heavy atom. The highest BCUT2D eigenvalue weighted by atomic mass is 32.1. The molecule has 1 unspecified atom stereocenters. The monoisotopic (exact) mass is 226 g/mol. The Morgan fingerprint density at radius 2 is 2.67 bits per heavy atom. The van der Waals surface area contributed by atoms with Crippen molar-refractivity contribution in [3.05, 3.63) is 27.0 Å². The molecule has 80 valence electrons. The standard InChI is InChI=1S/C7H10N6OS/c8-7(14)6(5-3-15-4-11-5)10-1-2-12-13-9/h3-4,6,10H,1-2H2,(H2,8,14). The molecule has 15 heavy (non-hydrogen) atoms. The molecule has 1 aromatic rings. The molecule has 0 aliphatic rings. The van der Waals surface area contributed by atoms with Gasteiger partial charge in [0.2, 0.25) is 5.91 Å². The maximum absolute atomic E-state index is 11.1. The molecule has 3 N–H and O–H groups in total. The summed E-state index contributed by atoms with van der Waals surface area (Å²) < 4.78 is 0. The van der Waals surface area contributed by atoms with E-state index in [0.29, 0.717) is 12.2 Å². The van der Waals surface area contributed by atoms with E-state index in [2.05, 4.69) is 20.3 Å². The summed E-state index contributed by atoms with van der Waals surface area (Å²) in [5.74, 6) is -0.498. The molecule has 0 aromatic carbocycles. The second-order valence-corrected chi connectivity index (χ2v) is 3.38. The summed E-state index contributed by atoms with van der Waals surface area (Å²) in [6, 6.07) is -0.620. The fourth-order valence-electron chi connectivity index (χ4n) is 1.02. The molecule has 1 rings (SSSR count). The van der Waals surface area contributed by atoms with Crippen LogP contribution >= 0.6 is 11.3 Å². The van der Waals surface area contributed by atoms with Crippen molar-refractivity contribution in [3.8, 4) is 0 Å². The Labute approximate surface area is 89.9 Å². The molecular weight excluding hydrogens is 216 g/mol. The Bertz CT molecular complexity index is 358. The summed E-state index contributed by atoms with van der Waals surface area (Å²) in [4.78, 5) is 17.7. The minimum atomic E-state index is -0.620. The normalized spacial score (nSPS) is 11.7. The SMILES string of the molecule is [N-]=[N+]=NCCNC(C(N)=O)c1cscn1. The summed E-state index contributed by atoms with van der Waals surface area (Å²) in [5, 5.41) is 7.94. The van der Waals surface area contributed by atoms with E-state index >= 15 is 0 Å². The third-order valence-corrected chi connectivity index (χ3v) is 2.26. The van der Waals surface area contributed by atoms with Gasteiger partial charge in [0.1, 0.15) is 6.04 Å². The molecule has 0 aliphatic heterocycles. The number of nitrogens with two attached hydrogens (primary N) is 1. The van der Waals surface area contributed by atoms with Crippen LogP contribution in [0.1, 0.15) is 11.7 Å². The molecule has 0 saturated heterocycles. The fraction of sp³-hybridized carbons (Fsp3) is 0.429. The summed E-state index contributed by atoms with van der Waals surface area (Å²) in [6.45, 7) is 0.652. The van der Waals surface area contributed by atoms with Gasteiger partial charge in [-0.05, 0) is 5.53 Å². The van der Waals surface area contributed by atoms with E-state index in [-0.39, 0.29) is 6.54 Å². The second-order valence-electron chi connectivity index (χ2n) is 2.66. The molecule has 0 bridgehead atoms. The molecule has 0 radical (unpaired) electrons. The van der Waals surface area contributed by atoms with Crippen LogP contribution < -0.4 is 11.1 Å². The zero-order chi connectivity index (χ0) is 11.1. The van der Waals surface area contributed by atoms with Gasteiger partial charge < -0.3 is 11.1 Å². The van der Waals surface area contributed by atoms with Crippen LogP contribution in [0, 0.1) is 0 Å². The van der Waals surface area contributed by atoms with Crippen LogP contribution in [0.4, 0.5) is 0 Å². The third-order valence-electron chi connectivity index (χ3n) is 1.66. The Kier molecular flexibility index (Phi) is 4.55. The van der Waals surface area contributed by atoms with Crippen LogP contribution in [-0.2, 0) is 4.79 Å². The lowest BCUT2D eigenvalue weighted by Gasteiger charge is -2.11. The van der Waals surface area contributed by atoms with E-state index < -0.39 is 11.9 Å². The molecule has 1 heterocycles. The van der Waals surface area contributed by atoms with E-state index in [1.54, 1.807) is 10.9 Å². The number of hydrogen-bond donors (Lipinski definition) is 2. The molecule has 0 spiro atoms. The summed E-state index contributed by atoms with van der Waals surface area (Å²) in [6.07, 6.45) is 0. The van der Waals surface area contributed by atoms with Crippen LogP contribution in [0.2, 0.25) is 0 Å². The Hall–Kier alpha value is -1.63. The Morgan fingerprint density at radius 1 is 1.87 bits per heavy atom. The van der Waals surface area contributed by atoms with Gasteiger partial charge in [-0.1, -0.05) is 5.11 Å². The van der Waals surface area contributed by atoms with Gasteiger partial charge in [0.15, 0.2) is 0 Å². The van der Waals surface area contributed by atoms with E-state index in [1.807, 2.05) is 0 Å². The van der Waals surface area contributed by atoms with Gasteiger partial charge in [0.05, 0.1) is 11.2 Å². The summed E-state index contributed by atoms with van der Waals surface area (Å²) in [5.41, 5.74) is 15.5. The van der Waals surface area contributed by atoms with Gasteiger partial charge in [0.25, 0.3) is 0 Å². The number of nitrogens with zero attached hydrogens (tertiary/aromatic N) is 4. The number of primary amides is 1. The quantitative estimate of drug-likeness (QED) is 0.319. The fourth-order valence-corrected chi connectivity index (χ4v) is 1.60. The van der Waals surface area contributed by atoms with Crippen LogP contribution in [0.3, 0.4) is 0 Å². The number of aromatic nitrogens is 1. The van der Waals surface area contributed by atoms with Gasteiger partial charge in [-0.15, -0.1) is 11.3 Å². The molecule has 8 heteroatoms. The summed E-state index contributed by atoms with van der Waals surface area (Å²) >= 11 is 1.39. The minimum Gasteiger partial charge on any atom is -0.368 e. The van der Waals surface area contributed by atoms with Gasteiger partial charge in [-0.3, -0.25) is 4.79 Å². The van der Waals surface area contributed by atoms with Crippen molar-refractivity contribution in [1.82, 2.24) is 10.3 Å². The number of amides is 1. The molecule has 7 nitrogen and oxygen atoms in total. The smallest absolute Gasteiger partial charge is 0.240 e. The van der Waals surface area contributed by atoms with E-state index in [4.69, 9.17) is 11.3 Å². The average molecular weight is 226 g/mol. The number of rotatable bonds is 6. The largest absolute Gasteiger partial charge is 0.368 e. The van der Waals surface area contributed by atoms with Crippen molar-refractivity contribution >= 4 is 17.2 Å². The first-order valence-corrected chi connectivity index (χ1v) is 5.11. The first kappa shape index (κ1) is 11.4. The first-order chi connectivity index (χ1) is 7.25. The lowest BCUT2D eigenvalue weighted by Crippen LogP contribution is -2.35. The van der Waals surface area contributed by atoms with Gasteiger partial charge >= 0.3 is 0 Å². The van der Waals surface area contributed by atoms with Crippen LogP contribution in [0.5, 0.6) is 0 Å². The zero-order valence-corrected chi connectivity index (χ0v) is 8.65. The highest BCUT2D eigenvalue weighted by Crippen LogP contribution is 2.11. The minimum absolute atomic E-state index is 0.268. The number of carbonyl (C=O) groups is 1. The van der Waals surface area contributed by atoms with E-state index in [9.17, 15) is 4.79 Å². The highest BCUT2D eigenvalue weighted by Gasteiger charge is 2.18. The van der Waals surface area contributed by atoms with Gasteiger partial charge in [0, 0.05) is 23.4 Å². The lowest BCUT2D eigenvalue weighted by molar-refractivity contribution is -0.120. The maximum atomic E-state index is 11.1. The maximum Gasteiger partial charge on any atom is 0.240 e. The van der Waals surface area contributed by atoms with Gasteiger partial charge in [-0.25, -0.2) is 4.98 Å². The summed E-state index contributed by atoms with van der Waals surface area (Å²) in [7, 11) is 0. The van der Waals surface area contributed by atoms with E-state index in [1.165, 1.54) is 11.3 Å². The Balaban J connectivity index is 2.52. The van der Waals surface area contributed by atoms with Crippen molar-refractivity contribution in [1.29, 1.82) is 0 Å². The van der Waals surface area contributed by atoms with Crippen molar-refractivity contribution < 1.29 is 4.79 Å². The topological polar surface area (TPSA) is 117 Å². The zero-order valence-electron chi connectivity index (χ0n) is 7.83. The number of azide groups is 1. The predicted molar refractivity (Wildman–Crippen MR) is 56.1 cm³/mol. The van der Waals surface area contributed by atoms with Crippen LogP contribution in [0.15, 0.2) is 16.0 Å². The molecule has 1 aromatic heterocycles. The number of hydrogen-bond acceptors (Lipinski definition) is 5. The highest BCUT2D eigenvalue weighted by molar-refractivity contribution is 7.07. The van der Waals surface area contributed by atoms with Gasteiger partial charge in [-0.2, -0.15) is 0 Å². The molecule has 0 aliphatic carbocycles. The van der Waals surface area contributed by atoms with Crippen molar-refractivity contribution in [2.75, 3.05) is 13.1 Å². The van der Waals surface area contributed by atoms with Crippen molar-refractivity contribution in [2.45, 2.75) is 6.04 Å². The molecular formula is C7H10N6OS. The number of thiazole rings is 1. The number of nitrogens with one attached hydrogen (secondary N) is 1.